The molecule has 0 bridgehead atoms. The number of hydrogen-bond acceptors (Lipinski definition) is 4. The van der Waals surface area contributed by atoms with Crippen LogP contribution in [-0.2, 0) is 12.8 Å². The molecule has 3 rings (SSSR count). The van der Waals surface area contributed by atoms with Crippen molar-refractivity contribution in [3.63, 3.8) is 0 Å². The Hall–Kier alpha value is -1.53. The minimum Gasteiger partial charge on any atom is -0.410 e. The summed E-state index contributed by atoms with van der Waals surface area (Å²) in [5, 5.41) is 8.74. The van der Waals surface area contributed by atoms with Crippen molar-refractivity contribution in [3.05, 3.63) is 52.6 Å². The number of rotatable bonds is 4. The van der Waals surface area contributed by atoms with Gasteiger partial charge in [0.15, 0.2) is 0 Å². The van der Waals surface area contributed by atoms with Gasteiger partial charge in [-0.3, -0.25) is 0 Å². The van der Waals surface area contributed by atoms with Gasteiger partial charge in [-0.1, -0.05) is 39.8 Å². The summed E-state index contributed by atoms with van der Waals surface area (Å²) >= 11 is 4.96. The minimum absolute atomic E-state index is 0.552. The van der Waals surface area contributed by atoms with Crippen LogP contribution >= 0.6 is 27.7 Å². The number of aryl methyl sites for hydroxylation is 1. The third-order valence-electron chi connectivity index (χ3n) is 2.84. The lowest BCUT2D eigenvalue weighted by Gasteiger charge is -1.98. The molecule has 102 valence electrons. The summed E-state index contributed by atoms with van der Waals surface area (Å²) in [5.74, 6) is 1.36. The van der Waals surface area contributed by atoms with Crippen molar-refractivity contribution in [2.24, 2.45) is 7.05 Å². The molecule has 0 aliphatic rings. The standard InChI is InChI=1S/C14H12BrN3OS/c1-18-8-2-3-12(18)13-16-17-14(19-13)20-9-10-4-6-11(15)7-5-10/h2-8H,9H2,1H3. The molecule has 2 heterocycles. The van der Waals surface area contributed by atoms with Gasteiger partial charge in [0.25, 0.3) is 11.1 Å². The molecule has 1 aromatic carbocycles. The normalized spacial score (nSPS) is 10.9. The predicted octanol–water partition coefficient (Wildman–Crippen LogP) is 4.13. The van der Waals surface area contributed by atoms with Crippen molar-refractivity contribution >= 4 is 27.7 Å². The van der Waals surface area contributed by atoms with Gasteiger partial charge in [0.2, 0.25) is 0 Å². The number of benzene rings is 1. The third-order valence-corrected chi connectivity index (χ3v) is 4.26. The fraction of sp³-hybridized carbons (Fsp3) is 0.143. The van der Waals surface area contributed by atoms with Crippen LogP contribution in [0, 0.1) is 0 Å². The molecule has 0 radical (unpaired) electrons. The molecule has 3 aromatic rings. The van der Waals surface area contributed by atoms with Crippen molar-refractivity contribution in [2.75, 3.05) is 0 Å². The molecule has 0 amide bonds. The molecule has 0 saturated carbocycles. The fourth-order valence-corrected chi connectivity index (χ4v) is 2.76. The molecule has 0 saturated heterocycles. The van der Waals surface area contributed by atoms with E-state index in [1.165, 1.54) is 17.3 Å². The third kappa shape index (κ3) is 2.96. The molecule has 6 heteroatoms. The van der Waals surface area contributed by atoms with E-state index in [0.29, 0.717) is 11.1 Å². The van der Waals surface area contributed by atoms with Crippen LogP contribution in [-0.4, -0.2) is 14.8 Å². The average molecular weight is 350 g/mol. The number of halogens is 1. The zero-order valence-corrected chi connectivity index (χ0v) is 13.2. The Labute approximate surface area is 129 Å². The van der Waals surface area contributed by atoms with Gasteiger partial charge in [-0.25, -0.2) is 0 Å². The first-order valence-corrected chi connectivity index (χ1v) is 7.83. The van der Waals surface area contributed by atoms with Gasteiger partial charge in [-0.05, 0) is 29.8 Å². The van der Waals surface area contributed by atoms with E-state index in [9.17, 15) is 0 Å². The summed E-state index contributed by atoms with van der Waals surface area (Å²) in [6.07, 6.45) is 1.95. The largest absolute Gasteiger partial charge is 0.410 e. The zero-order chi connectivity index (χ0) is 13.9. The molecule has 4 nitrogen and oxygen atoms in total. The quantitative estimate of drug-likeness (QED) is 0.664. The lowest BCUT2D eigenvalue weighted by atomic mass is 10.2. The molecular formula is C14H12BrN3OS. The van der Waals surface area contributed by atoms with Gasteiger partial charge in [0.1, 0.15) is 5.69 Å². The molecule has 20 heavy (non-hydrogen) atoms. The maximum Gasteiger partial charge on any atom is 0.277 e. The molecular weight excluding hydrogens is 338 g/mol. The summed E-state index contributed by atoms with van der Waals surface area (Å²) in [6.45, 7) is 0. The summed E-state index contributed by atoms with van der Waals surface area (Å²) in [7, 11) is 1.95. The van der Waals surface area contributed by atoms with Crippen LogP contribution in [0.2, 0.25) is 0 Å². The van der Waals surface area contributed by atoms with Crippen molar-refractivity contribution in [2.45, 2.75) is 11.0 Å². The van der Waals surface area contributed by atoms with Gasteiger partial charge >= 0.3 is 0 Å². The Morgan fingerprint density at radius 2 is 2.00 bits per heavy atom. The lowest BCUT2D eigenvalue weighted by Crippen LogP contribution is -1.88. The van der Waals surface area contributed by atoms with Crippen molar-refractivity contribution in [1.29, 1.82) is 0 Å². The first-order valence-electron chi connectivity index (χ1n) is 6.05. The number of nitrogens with zero attached hydrogens (tertiary/aromatic N) is 3. The second kappa shape index (κ2) is 5.85. The number of aromatic nitrogens is 3. The van der Waals surface area contributed by atoms with E-state index >= 15 is 0 Å². The van der Waals surface area contributed by atoms with Gasteiger partial charge in [-0.2, -0.15) is 0 Å². The highest BCUT2D eigenvalue weighted by Gasteiger charge is 2.11. The first kappa shape index (κ1) is 13.5. The summed E-state index contributed by atoms with van der Waals surface area (Å²) in [6, 6.07) is 12.1. The van der Waals surface area contributed by atoms with Crippen LogP contribution in [0.1, 0.15) is 5.56 Å². The summed E-state index contributed by atoms with van der Waals surface area (Å²) in [5.41, 5.74) is 2.14. The lowest BCUT2D eigenvalue weighted by molar-refractivity contribution is 0.463. The Balaban J connectivity index is 1.69. The summed E-state index contributed by atoms with van der Waals surface area (Å²) < 4.78 is 8.70. The minimum atomic E-state index is 0.552. The van der Waals surface area contributed by atoms with Crippen LogP contribution in [0.4, 0.5) is 0 Å². The second-order valence-electron chi connectivity index (χ2n) is 4.29. The van der Waals surface area contributed by atoms with Crippen molar-refractivity contribution in [1.82, 2.24) is 14.8 Å². The Morgan fingerprint density at radius 3 is 2.70 bits per heavy atom. The van der Waals surface area contributed by atoms with Crippen molar-refractivity contribution < 1.29 is 4.42 Å². The van der Waals surface area contributed by atoms with Crippen LogP contribution in [0.5, 0.6) is 0 Å². The van der Waals surface area contributed by atoms with Gasteiger partial charge in [-0.15, -0.1) is 10.2 Å². The Kier molecular flexibility index (Phi) is 3.93. The molecule has 0 fully saturated rings. The topological polar surface area (TPSA) is 43.9 Å². The number of thioether (sulfide) groups is 1. The molecule has 0 aliphatic carbocycles. The van der Waals surface area contributed by atoms with Gasteiger partial charge in [0.05, 0.1) is 0 Å². The highest BCUT2D eigenvalue weighted by Crippen LogP contribution is 2.26. The molecule has 0 unspecified atom stereocenters. The van der Waals surface area contributed by atoms with E-state index in [-0.39, 0.29) is 0 Å². The zero-order valence-electron chi connectivity index (χ0n) is 10.8. The second-order valence-corrected chi connectivity index (χ2v) is 6.13. The van der Waals surface area contributed by atoms with Gasteiger partial charge < -0.3 is 8.98 Å². The average Bonchev–Trinajstić information content (AvgIpc) is 3.06. The SMILES string of the molecule is Cn1cccc1-c1nnc(SCc2ccc(Br)cc2)o1. The molecule has 0 N–H and O–H groups in total. The maximum atomic E-state index is 5.66. The monoisotopic (exact) mass is 349 g/mol. The van der Waals surface area contributed by atoms with E-state index < -0.39 is 0 Å². The molecule has 2 aromatic heterocycles. The number of hydrogen-bond donors (Lipinski definition) is 0. The molecule has 0 atom stereocenters. The van der Waals surface area contributed by atoms with E-state index in [1.54, 1.807) is 0 Å². The molecule has 0 spiro atoms. The highest BCUT2D eigenvalue weighted by molar-refractivity contribution is 9.10. The van der Waals surface area contributed by atoms with Crippen molar-refractivity contribution in [3.8, 4) is 11.6 Å². The van der Waals surface area contributed by atoms with Crippen LogP contribution in [0.25, 0.3) is 11.6 Å². The highest BCUT2D eigenvalue weighted by atomic mass is 79.9. The summed E-state index contributed by atoms with van der Waals surface area (Å²) in [4.78, 5) is 0. The van der Waals surface area contributed by atoms with Crippen LogP contribution < -0.4 is 0 Å². The van der Waals surface area contributed by atoms with E-state index in [4.69, 9.17) is 4.42 Å². The predicted molar refractivity (Wildman–Crippen MR) is 82.4 cm³/mol. The van der Waals surface area contributed by atoms with E-state index in [2.05, 4.69) is 38.3 Å². The van der Waals surface area contributed by atoms with Crippen LogP contribution in [0.15, 0.2) is 56.7 Å². The first-order chi connectivity index (χ1) is 9.72. The van der Waals surface area contributed by atoms with E-state index in [1.807, 2.05) is 42.1 Å². The molecule has 0 aliphatic heterocycles. The Morgan fingerprint density at radius 1 is 1.20 bits per heavy atom. The fourth-order valence-electron chi connectivity index (χ4n) is 1.78. The van der Waals surface area contributed by atoms with Crippen LogP contribution in [0.3, 0.4) is 0 Å². The smallest absolute Gasteiger partial charge is 0.277 e. The maximum absolute atomic E-state index is 5.66. The Bertz CT molecular complexity index is 705. The van der Waals surface area contributed by atoms with Gasteiger partial charge in [0, 0.05) is 23.5 Å². The van der Waals surface area contributed by atoms with E-state index in [0.717, 1.165) is 15.9 Å².